The second kappa shape index (κ2) is 12.9. The fourth-order valence-electron chi connectivity index (χ4n) is 6.04. The van der Waals surface area contributed by atoms with Crippen molar-refractivity contribution in [1.29, 1.82) is 0 Å². The number of ether oxygens (including phenoxy) is 1. The molecule has 1 fully saturated rings. The summed E-state index contributed by atoms with van der Waals surface area (Å²) in [6.45, 7) is 7.04. The Hall–Kier alpha value is -5.40. The predicted octanol–water partition coefficient (Wildman–Crippen LogP) is 7.41. The minimum atomic E-state index is -0.447. The van der Waals surface area contributed by atoms with Crippen molar-refractivity contribution >= 4 is 33.8 Å². The van der Waals surface area contributed by atoms with E-state index in [9.17, 15) is 9.59 Å². The Morgan fingerprint density at radius 1 is 0.848 bits per heavy atom. The molecule has 1 saturated heterocycles. The number of piperazine rings is 1. The fourth-order valence-corrected chi connectivity index (χ4v) is 6.04. The summed E-state index contributed by atoms with van der Waals surface area (Å²) in [5.74, 6) is 0.539. The maximum absolute atomic E-state index is 14.1. The van der Waals surface area contributed by atoms with E-state index in [1.54, 1.807) is 12.1 Å². The van der Waals surface area contributed by atoms with Crippen LogP contribution in [0.2, 0.25) is 0 Å². The molecule has 0 bridgehead atoms. The molecular formula is C39H34N2O5. The first-order valence-corrected chi connectivity index (χ1v) is 15.6. The van der Waals surface area contributed by atoms with Gasteiger partial charge in [0.15, 0.2) is 5.76 Å². The van der Waals surface area contributed by atoms with E-state index in [2.05, 4.69) is 34.2 Å². The minimum absolute atomic E-state index is 0.189. The summed E-state index contributed by atoms with van der Waals surface area (Å²) >= 11 is 0. The molecule has 0 unspecified atom stereocenters. The molecule has 0 aliphatic carbocycles. The topological polar surface area (TPSA) is 76.1 Å². The minimum Gasteiger partial charge on any atom is -0.492 e. The largest absolute Gasteiger partial charge is 0.492 e. The lowest BCUT2D eigenvalue weighted by atomic mass is 9.96. The number of carbonyl (C=O) groups excluding carboxylic acids is 1. The van der Waals surface area contributed by atoms with Crippen molar-refractivity contribution in [2.45, 2.75) is 6.92 Å². The molecule has 1 aliphatic rings. The van der Waals surface area contributed by atoms with Crippen molar-refractivity contribution in [1.82, 2.24) is 9.80 Å². The van der Waals surface area contributed by atoms with Gasteiger partial charge in [0.25, 0.3) is 0 Å². The number of hydrogen-bond acceptors (Lipinski definition) is 7. The molecule has 230 valence electrons. The van der Waals surface area contributed by atoms with E-state index in [0.717, 1.165) is 49.2 Å². The number of nitrogens with zero attached hydrogens (tertiary/aromatic N) is 2. The Kier molecular flexibility index (Phi) is 8.23. The molecule has 6 aromatic rings. The van der Waals surface area contributed by atoms with Crippen LogP contribution in [0.15, 0.2) is 123 Å². The molecule has 1 aliphatic heterocycles. The molecule has 7 heteroatoms. The summed E-state index contributed by atoms with van der Waals surface area (Å²) in [5.41, 5.74) is 4.29. The number of hydrogen-bond donors (Lipinski definition) is 0. The van der Waals surface area contributed by atoms with Gasteiger partial charge in [0.2, 0.25) is 5.78 Å². The monoisotopic (exact) mass is 610 g/mol. The third-order valence-corrected chi connectivity index (χ3v) is 8.50. The first-order chi connectivity index (χ1) is 22.5. The van der Waals surface area contributed by atoms with Gasteiger partial charge in [0, 0.05) is 55.3 Å². The second-order valence-corrected chi connectivity index (χ2v) is 11.5. The molecule has 46 heavy (non-hydrogen) atoms. The highest BCUT2D eigenvalue weighted by Gasteiger charge is 2.26. The third-order valence-electron chi connectivity index (χ3n) is 8.50. The molecule has 0 N–H and O–H groups in total. The van der Waals surface area contributed by atoms with Crippen LogP contribution in [-0.2, 0) is 0 Å². The van der Waals surface area contributed by atoms with Crippen LogP contribution in [0, 0.1) is 6.92 Å². The van der Waals surface area contributed by atoms with Crippen LogP contribution in [-0.4, -0.2) is 54.9 Å². The van der Waals surface area contributed by atoms with Crippen LogP contribution in [0.5, 0.6) is 5.75 Å². The van der Waals surface area contributed by atoms with E-state index in [1.807, 2.05) is 79.7 Å². The third kappa shape index (κ3) is 6.10. The van der Waals surface area contributed by atoms with Gasteiger partial charge in [-0.15, -0.1) is 0 Å². The van der Waals surface area contributed by atoms with Crippen molar-refractivity contribution in [2.24, 2.45) is 0 Å². The van der Waals surface area contributed by atoms with Crippen molar-refractivity contribution < 1.29 is 18.4 Å². The number of furan rings is 1. The number of ketones is 1. The summed E-state index contributed by atoms with van der Waals surface area (Å²) in [6, 6.07) is 32.3. The van der Waals surface area contributed by atoms with Gasteiger partial charge in [-0.25, -0.2) is 4.79 Å². The van der Waals surface area contributed by atoms with E-state index in [1.165, 1.54) is 11.6 Å². The average molecular weight is 611 g/mol. The van der Waals surface area contributed by atoms with Gasteiger partial charge in [0.05, 0.1) is 5.39 Å². The lowest BCUT2D eigenvalue weighted by molar-refractivity contribution is 0.101. The summed E-state index contributed by atoms with van der Waals surface area (Å²) in [4.78, 5) is 31.2. The highest BCUT2D eigenvalue weighted by atomic mass is 16.5. The van der Waals surface area contributed by atoms with Crippen molar-refractivity contribution in [2.75, 3.05) is 39.3 Å². The van der Waals surface area contributed by atoms with E-state index >= 15 is 0 Å². The van der Waals surface area contributed by atoms with E-state index in [4.69, 9.17) is 13.6 Å². The predicted molar refractivity (Wildman–Crippen MR) is 181 cm³/mol. The maximum Gasteiger partial charge on any atom is 0.336 e. The van der Waals surface area contributed by atoms with Crippen LogP contribution in [0.3, 0.4) is 0 Å². The number of rotatable bonds is 9. The normalized spacial score (nSPS) is 14.0. The number of aryl methyl sites for hydroxylation is 1. The smallest absolute Gasteiger partial charge is 0.336 e. The Labute approximate surface area is 266 Å². The van der Waals surface area contributed by atoms with E-state index in [0.29, 0.717) is 40.0 Å². The molecule has 0 amide bonds. The molecule has 0 atom stereocenters. The van der Waals surface area contributed by atoms with Crippen LogP contribution < -0.4 is 10.4 Å². The fraction of sp³-hybridized carbons (Fsp3) is 0.179. The Morgan fingerprint density at radius 3 is 2.39 bits per heavy atom. The van der Waals surface area contributed by atoms with Gasteiger partial charge in [-0.1, -0.05) is 72.8 Å². The highest BCUT2D eigenvalue weighted by Crippen LogP contribution is 2.40. The summed E-state index contributed by atoms with van der Waals surface area (Å²) < 4.78 is 18.1. The van der Waals surface area contributed by atoms with Crippen molar-refractivity contribution in [3.8, 4) is 16.9 Å². The molecule has 0 saturated carbocycles. The summed E-state index contributed by atoms with van der Waals surface area (Å²) in [6.07, 6.45) is 4.33. The molecule has 2 aromatic heterocycles. The van der Waals surface area contributed by atoms with Gasteiger partial charge in [0.1, 0.15) is 23.5 Å². The van der Waals surface area contributed by atoms with Crippen LogP contribution >= 0.6 is 0 Å². The standard InChI is InChI=1S/C39H34N2O5/c1-27-25-34(42)46-38-32(27)15-16-33-36(38)35(29-11-6-3-7-12-29)39(45-33)37(43)30-13-8-14-31(26-30)44-24-23-41-21-19-40(20-22-41)18-17-28-9-4-2-5-10-28/h2-18,25-26H,19-24H2,1H3. The molecule has 0 spiro atoms. The second-order valence-electron chi connectivity index (χ2n) is 11.5. The van der Waals surface area contributed by atoms with Gasteiger partial charge in [-0.05, 0) is 60.2 Å². The maximum atomic E-state index is 14.1. The van der Waals surface area contributed by atoms with Crippen LogP contribution in [0.1, 0.15) is 27.2 Å². The molecule has 0 radical (unpaired) electrons. The van der Waals surface area contributed by atoms with Crippen LogP contribution in [0.25, 0.3) is 39.1 Å². The van der Waals surface area contributed by atoms with Crippen LogP contribution in [0.4, 0.5) is 0 Å². The number of fused-ring (bicyclic) bond motifs is 3. The Balaban J connectivity index is 1.08. The van der Waals surface area contributed by atoms with Gasteiger partial charge in [-0.3, -0.25) is 9.69 Å². The molecular weight excluding hydrogens is 576 g/mol. The van der Waals surface area contributed by atoms with Gasteiger partial charge in [-0.2, -0.15) is 0 Å². The lowest BCUT2D eigenvalue weighted by Crippen LogP contribution is -2.45. The Morgan fingerprint density at radius 2 is 1.61 bits per heavy atom. The SMILES string of the molecule is Cc1cc(=O)oc2c1ccc1oc(C(=O)c3cccc(OCCN4CCN(C=Cc5ccccc5)CC4)c3)c(-c3ccccc3)c12. The molecule has 7 rings (SSSR count). The quantitative estimate of drug-likeness (QED) is 0.125. The Bertz CT molecular complexity index is 2090. The van der Waals surface area contributed by atoms with Gasteiger partial charge < -0.3 is 18.5 Å². The van der Waals surface area contributed by atoms with E-state index in [-0.39, 0.29) is 11.5 Å². The zero-order chi connectivity index (χ0) is 31.5. The zero-order valence-corrected chi connectivity index (χ0v) is 25.6. The number of benzene rings is 4. The number of carbonyl (C=O) groups is 1. The lowest BCUT2D eigenvalue weighted by Gasteiger charge is -2.33. The molecule has 3 heterocycles. The molecule has 7 nitrogen and oxygen atoms in total. The molecule has 4 aromatic carbocycles. The highest BCUT2D eigenvalue weighted by molar-refractivity contribution is 6.20. The zero-order valence-electron chi connectivity index (χ0n) is 25.6. The van der Waals surface area contributed by atoms with Crippen molar-refractivity contribution in [3.05, 3.63) is 142 Å². The van der Waals surface area contributed by atoms with Crippen molar-refractivity contribution in [3.63, 3.8) is 0 Å². The van der Waals surface area contributed by atoms with Gasteiger partial charge >= 0.3 is 5.63 Å². The average Bonchev–Trinajstić information content (AvgIpc) is 3.49. The van der Waals surface area contributed by atoms with E-state index < -0.39 is 5.63 Å². The summed E-state index contributed by atoms with van der Waals surface area (Å²) in [7, 11) is 0. The summed E-state index contributed by atoms with van der Waals surface area (Å²) in [5, 5.41) is 1.40. The first kappa shape index (κ1) is 29.3. The first-order valence-electron chi connectivity index (χ1n) is 15.6.